The molecule has 0 saturated carbocycles. The van der Waals surface area contributed by atoms with Crippen LogP contribution in [0.25, 0.3) is 0 Å². The summed E-state index contributed by atoms with van der Waals surface area (Å²) < 4.78 is 35.7. The number of imide groups is 1. The summed E-state index contributed by atoms with van der Waals surface area (Å²) in [6.07, 6.45) is -6.73. The third-order valence-corrected chi connectivity index (χ3v) is 4.78. The minimum absolute atomic E-state index is 0.0485. The van der Waals surface area contributed by atoms with Gasteiger partial charge in [0.25, 0.3) is 11.8 Å². The van der Waals surface area contributed by atoms with E-state index in [2.05, 4.69) is 0 Å². The van der Waals surface area contributed by atoms with Crippen molar-refractivity contribution < 1.29 is 47.3 Å². The van der Waals surface area contributed by atoms with Gasteiger partial charge in [-0.3, -0.25) is 28.9 Å². The third kappa shape index (κ3) is 4.41. The highest BCUT2D eigenvalue weighted by Crippen LogP contribution is 2.35. The molecule has 5 atom stereocenters. The predicted molar refractivity (Wildman–Crippen MR) is 98.2 cm³/mol. The van der Waals surface area contributed by atoms with Crippen LogP contribution in [0, 0.1) is 0 Å². The van der Waals surface area contributed by atoms with Crippen molar-refractivity contribution in [3.63, 3.8) is 0 Å². The van der Waals surface area contributed by atoms with Crippen LogP contribution in [0.5, 0.6) is 0 Å². The molecule has 0 radical (unpaired) electrons. The molecule has 1 saturated heterocycles. The number of benzene rings is 1. The highest BCUT2D eigenvalue weighted by molar-refractivity contribution is 6.21. The van der Waals surface area contributed by atoms with E-state index in [9.17, 15) is 24.0 Å². The molecule has 2 amide bonds. The molecular formula is C20H20FNO9. The number of ether oxygens (including phenoxy) is 4. The van der Waals surface area contributed by atoms with Gasteiger partial charge in [0.2, 0.25) is 6.36 Å². The molecule has 0 N–H and O–H groups in total. The number of esters is 3. The molecule has 0 aliphatic carbocycles. The number of halogens is 1. The lowest BCUT2D eigenvalue weighted by atomic mass is 9.95. The second-order valence-corrected chi connectivity index (χ2v) is 6.99. The Balaban J connectivity index is 2.01. The van der Waals surface area contributed by atoms with E-state index >= 15 is 4.39 Å². The normalized spacial score (nSPS) is 27.5. The zero-order chi connectivity index (χ0) is 22.9. The first-order chi connectivity index (χ1) is 14.6. The van der Waals surface area contributed by atoms with Gasteiger partial charge in [-0.1, -0.05) is 12.1 Å². The minimum Gasteiger partial charge on any atom is -0.463 e. The van der Waals surface area contributed by atoms with Gasteiger partial charge in [-0.05, 0) is 12.1 Å². The van der Waals surface area contributed by atoms with Crippen molar-refractivity contribution in [3.8, 4) is 0 Å². The van der Waals surface area contributed by atoms with Crippen LogP contribution >= 0.6 is 0 Å². The van der Waals surface area contributed by atoms with Crippen LogP contribution in [-0.4, -0.2) is 71.9 Å². The van der Waals surface area contributed by atoms with Crippen LogP contribution < -0.4 is 0 Å². The van der Waals surface area contributed by atoms with Crippen molar-refractivity contribution in [3.05, 3.63) is 35.4 Å². The SMILES string of the molecule is CC(=O)OC[C@H]1O[C@@H](F)[C@H](N2C(=O)c3ccccc3C2=O)[C@@H](OC(C)=O)[C@@H]1OC(C)=O. The van der Waals surface area contributed by atoms with Crippen LogP contribution in [0.2, 0.25) is 0 Å². The average molecular weight is 437 g/mol. The maximum absolute atomic E-state index is 15.2. The minimum atomic E-state index is -2.32. The number of carbonyl (C=O) groups excluding carboxylic acids is 5. The van der Waals surface area contributed by atoms with Crippen molar-refractivity contribution in [2.24, 2.45) is 0 Å². The van der Waals surface area contributed by atoms with E-state index in [1.54, 1.807) is 0 Å². The number of hydrogen-bond donors (Lipinski definition) is 0. The van der Waals surface area contributed by atoms with Gasteiger partial charge in [-0.15, -0.1) is 0 Å². The summed E-state index contributed by atoms with van der Waals surface area (Å²) in [6.45, 7) is 2.70. The van der Waals surface area contributed by atoms with E-state index in [0.29, 0.717) is 4.90 Å². The monoisotopic (exact) mass is 437 g/mol. The van der Waals surface area contributed by atoms with Crippen LogP contribution in [0.3, 0.4) is 0 Å². The molecule has 2 aliphatic heterocycles. The van der Waals surface area contributed by atoms with Crippen molar-refractivity contribution in [1.29, 1.82) is 0 Å². The highest BCUT2D eigenvalue weighted by atomic mass is 19.1. The standard InChI is InChI=1S/C20H20FNO9/c1-9(23)28-8-14-16(29-10(2)24)17(30-11(3)25)15(18(21)31-14)22-19(26)12-6-4-5-7-13(12)20(22)27/h4-7,14-18H,8H2,1-3H3/t14-,15-,16-,17-,18-/m1/s1. The van der Waals surface area contributed by atoms with Crippen molar-refractivity contribution in [1.82, 2.24) is 4.90 Å². The Bertz CT molecular complexity index is 898. The smallest absolute Gasteiger partial charge is 0.303 e. The predicted octanol–water partition coefficient (Wildman–Crippen LogP) is 0.772. The molecule has 2 aliphatic rings. The van der Waals surface area contributed by atoms with Gasteiger partial charge in [-0.25, -0.2) is 4.39 Å². The van der Waals surface area contributed by atoms with Crippen LogP contribution in [-0.2, 0) is 33.3 Å². The lowest BCUT2D eigenvalue weighted by molar-refractivity contribution is -0.253. The van der Waals surface area contributed by atoms with Gasteiger partial charge < -0.3 is 18.9 Å². The number of alkyl halides is 1. The number of rotatable bonds is 5. The fourth-order valence-electron chi connectivity index (χ4n) is 3.62. The molecule has 1 fully saturated rings. The molecule has 3 rings (SSSR count). The molecule has 0 spiro atoms. The first-order valence-electron chi connectivity index (χ1n) is 9.36. The van der Waals surface area contributed by atoms with E-state index in [-0.39, 0.29) is 11.1 Å². The zero-order valence-electron chi connectivity index (χ0n) is 16.9. The Kier molecular flexibility index (Phi) is 6.34. The highest BCUT2D eigenvalue weighted by Gasteiger charge is 2.57. The van der Waals surface area contributed by atoms with Gasteiger partial charge in [0.1, 0.15) is 18.8 Å². The maximum Gasteiger partial charge on any atom is 0.303 e. The zero-order valence-corrected chi connectivity index (χ0v) is 16.9. The van der Waals surface area contributed by atoms with Gasteiger partial charge >= 0.3 is 17.9 Å². The maximum atomic E-state index is 15.2. The molecule has 0 aromatic heterocycles. The first kappa shape index (κ1) is 22.3. The molecule has 1 aromatic carbocycles. The lowest BCUT2D eigenvalue weighted by Crippen LogP contribution is -2.66. The third-order valence-electron chi connectivity index (χ3n) is 4.78. The average Bonchev–Trinajstić information content (AvgIpc) is 2.93. The Labute approximate surface area is 176 Å². The van der Waals surface area contributed by atoms with Crippen LogP contribution in [0.4, 0.5) is 4.39 Å². The number of carbonyl (C=O) groups is 5. The van der Waals surface area contributed by atoms with E-state index in [1.165, 1.54) is 24.3 Å². The fourth-order valence-corrected chi connectivity index (χ4v) is 3.62. The summed E-state index contributed by atoms with van der Waals surface area (Å²) in [5.74, 6) is -4.02. The molecule has 166 valence electrons. The lowest BCUT2D eigenvalue weighted by Gasteiger charge is -2.44. The number of fused-ring (bicyclic) bond motifs is 1. The summed E-state index contributed by atoms with van der Waals surface area (Å²) in [6, 6.07) is 4.14. The molecule has 0 bridgehead atoms. The number of nitrogens with zero attached hydrogens (tertiary/aromatic N) is 1. The Hall–Kier alpha value is -3.34. The molecule has 0 unspecified atom stereocenters. The number of amides is 2. The quantitative estimate of drug-likeness (QED) is 0.373. The second kappa shape index (κ2) is 8.80. The number of hydrogen-bond acceptors (Lipinski definition) is 9. The summed E-state index contributed by atoms with van der Waals surface area (Å²) in [5.41, 5.74) is 0.0969. The van der Waals surface area contributed by atoms with E-state index in [0.717, 1.165) is 20.8 Å². The van der Waals surface area contributed by atoms with Gasteiger partial charge in [0, 0.05) is 20.8 Å². The Morgan fingerprint density at radius 3 is 1.94 bits per heavy atom. The summed E-state index contributed by atoms with van der Waals surface area (Å²) >= 11 is 0. The second-order valence-electron chi connectivity index (χ2n) is 6.99. The van der Waals surface area contributed by atoms with E-state index in [4.69, 9.17) is 18.9 Å². The Morgan fingerprint density at radius 1 is 0.935 bits per heavy atom. The van der Waals surface area contributed by atoms with Crippen molar-refractivity contribution >= 4 is 29.7 Å². The fraction of sp³-hybridized carbons (Fsp3) is 0.450. The molecule has 1 aromatic rings. The van der Waals surface area contributed by atoms with Gasteiger partial charge in [-0.2, -0.15) is 0 Å². The van der Waals surface area contributed by atoms with Crippen LogP contribution in [0.15, 0.2) is 24.3 Å². The van der Waals surface area contributed by atoms with Crippen molar-refractivity contribution in [2.45, 2.75) is 51.5 Å². The summed E-state index contributed by atoms with van der Waals surface area (Å²) in [4.78, 5) is 61.0. The molecule has 2 heterocycles. The van der Waals surface area contributed by atoms with Crippen molar-refractivity contribution in [2.75, 3.05) is 6.61 Å². The van der Waals surface area contributed by atoms with Gasteiger partial charge in [0.05, 0.1) is 11.1 Å². The summed E-state index contributed by atoms with van der Waals surface area (Å²) in [7, 11) is 0. The molecule has 11 heteroatoms. The molecular weight excluding hydrogens is 417 g/mol. The first-order valence-corrected chi connectivity index (χ1v) is 9.36. The largest absolute Gasteiger partial charge is 0.463 e. The topological polar surface area (TPSA) is 126 Å². The molecule has 10 nitrogen and oxygen atoms in total. The molecule has 31 heavy (non-hydrogen) atoms. The summed E-state index contributed by atoms with van der Waals surface area (Å²) in [5, 5.41) is 0. The van der Waals surface area contributed by atoms with Gasteiger partial charge in [0.15, 0.2) is 12.2 Å². The van der Waals surface area contributed by atoms with E-state index in [1.807, 2.05) is 0 Å². The van der Waals surface area contributed by atoms with E-state index < -0.39 is 67.0 Å². The van der Waals surface area contributed by atoms with Crippen LogP contribution in [0.1, 0.15) is 41.5 Å². The Morgan fingerprint density at radius 2 is 1.45 bits per heavy atom.